The fourth-order valence-corrected chi connectivity index (χ4v) is 1.71. The van der Waals surface area contributed by atoms with Crippen LogP contribution >= 0.6 is 23.4 Å². The molecule has 94 valence electrons. The second kappa shape index (κ2) is 6.99. The van der Waals surface area contributed by atoms with E-state index in [4.69, 9.17) is 11.6 Å². The highest BCUT2D eigenvalue weighted by atomic mass is 35.5. The van der Waals surface area contributed by atoms with Gasteiger partial charge in [0.15, 0.2) is 5.12 Å². The van der Waals surface area contributed by atoms with Gasteiger partial charge in [-0.15, -0.1) is 0 Å². The molecule has 0 aromatic carbocycles. The quantitative estimate of drug-likeness (QED) is 0.280. The fourth-order valence-electron chi connectivity index (χ4n) is 1.04. The Kier molecular flexibility index (Phi) is 5.62. The zero-order valence-corrected chi connectivity index (χ0v) is 11.0. The van der Waals surface area contributed by atoms with Crippen molar-refractivity contribution in [1.29, 1.82) is 0 Å². The third-order valence-electron chi connectivity index (χ3n) is 1.78. The van der Waals surface area contributed by atoms with Crippen molar-refractivity contribution in [2.24, 2.45) is 0 Å². The van der Waals surface area contributed by atoms with Gasteiger partial charge in [0.05, 0.1) is 4.92 Å². The van der Waals surface area contributed by atoms with Crippen molar-refractivity contribution >= 4 is 34.2 Å². The Morgan fingerprint density at radius 2 is 2.39 bits per heavy atom. The zero-order valence-electron chi connectivity index (χ0n) is 9.47. The Morgan fingerprint density at radius 3 is 3.00 bits per heavy atom. The normalized spacial score (nSPS) is 9.44. The van der Waals surface area contributed by atoms with Crippen LogP contribution in [0.2, 0.25) is 5.15 Å². The first-order valence-electron chi connectivity index (χ1n) is 4.93. The Morgan fingerprint density at radius 1 is 1.67 bits per heavy atom. The van der Waals surface area contributed by atoms with Crippen molar-refractivity contribution in [1.82, 2.24) is 4.98 Å². The predicted molar refractivity (Wildman–Crippen MR) is 70.5 cm³/mol. The first-order chi connectivity index (χ1) is 8.50. The number of carbonyl (C=O) groups excluding carboxylic acids is 1. The van der Waals surface area contributed by atoms with E-state index in [9.17, 15) is 14.9 Å². The van der Waals surface area contributed by atoms with Crippen molar-refractivity contribution in [2.75, 3.05) is 5.75 Å². The molecule has 0 fully saturated rings. The van der Waals surface area contributed by atoms with Gasteiger partial charge in [-0.25, -0.2) is 4.98 Å². The van der Waals surface area contributed by atoms with Crippen molar-refractivity contribution < 1.29 is 9.72 Å². The van der Waals surface area contributed by atoms with Crippen molar-refractivity contribution in [3.63, 3.8) is 0 Å². The largest absolute Gasteiger partial charge is 0.307 e. The summed E-state index contributed by atoms with van der Waals surface area (Å²) in [7, 11) is 0. The van der Waals surface area contributed by atoms with Crippen molar-refractivity contribution in [3.05, 3.63) is 33.1 Å². The highest BCUT2D eigenvalue weighted by Gasteiger charge is 2.13. The number of aromatic nitrogens is 1. The maximum absolute atomic E-state index is 10.6. The molecule has 0 radical (unpaired) electrons. The summed E-state index contributed by atoms with van der Waals surface area (Å²) < 4.78 is 0. The van der Waals surface area contributed by atoms with Gasteiger partial charge in [0, 0.05) is 36.9 Å². The maximum atomic E-state index is 10.6. The summed E-state index contributed by atoms with van der Waals surface area (Å²) in [5.74, 6) is 6.16. The second-order valence-electron chi connectivity index (χ2n) is 3.18. The molecule has 1 aromatic rings. The van der Waals surface area contributed by atoms with E-state index in [-0.39, 0.29) is 16.0 Å². The minimum atomic E-state index is -0.605. The molecule has 0 aliphatic carbocycles. The van der Waals surface area contributed by atoms with Gasteiger partial charge in [0.2, 0.25) is 5.15 Å². The zero-order chi connectivity index (χ0) is 13.5. The molecule has 5 nitrogen and oxygen atoms in total. The molecular weight excluding hydrogens is 276 g/mol. The lowest BCUT2D eigenvalue weighted by Gasteiger charge is -1.94. The number of pyridine rings is 1. The molecule has 1 heterocycles. The number of halogens is 1. The molecule has 0 unspecified atom stereocenters. The third-order valence-corrected chi connectivity index (χ3v) is 2.89. The summed E-state index contributed by atoms with van der Waals surface area (Å²) >= 11 is 6.76. The molecule has 0 atom stereocenters. The Bertz CT molecular complexity index is 537. The summed E-state index contributed by atoms with van der Waals surface area (Å²) in [5.41, 5.74) is 0.167. The van der Waals surface area contributed by atoms with E-state index >= 15 is 0 Å². The van der Waals surface area contributed by atoms with Gasteiger partial charge in [-0.2, -0.15) is 0 Å². The lowest BCUT2D eigenvalue weighted by atomic mass is 10.2. The number of rotatable bonds is 3. The Hall–Kier alpha value is -1.58. The van der Waals surface area contributed by atoms with Crippen molar-refractivity contribution in [2.45, 2.75) is 13.3 Å². The van der Waals surface area contributed by atoms with E-state index in [2.05, 4.69) is 16.8 Å². The summed E-state index contributed by atoms with van der Waals surface area (Å²) in [6, 6.07) is 1.28. The first-order valence-corrected chi connectivity index (χ1v) is 6.29. The molecule has 0 bridgehead atoms. The number of thioether (sulfide) groups is 1. The SMILES string of the molecule is CC(=O)SCCC#Cc1cnc(Cl)c([N+](=O)[O-])c1. The van der Waals surface area contributed by atoms with Gasteiger partial charge >= 0.3 is 5.69 Å². The Balaban J connectivity index is 2.68. The van der Waals surface area contributed by atoms with E-state index < -0.39 is 4.92 Å². The summed E-state index contributed by atoms with van der Waals surface area (Å²) in [6.45, 7) is 1.49. The molecule has 0 N–H and O–H groups in total. The average Bonchev–Trinajstić information content (AvgIpc) is 2.30. The van der Waals surface area contributed by atoms with Gasteiger partial charge in [-0.3, -0.25) is 14.9 Å². The van der Waals surface area contributed by atoms with Crippen molar-refractivity contribution in [3.8, 4) is 11.8 Å². The molecule has 0 saturated heterocycles. The number of nitro groups is 1. The monoisotopic (exact) mass is 284 g/mol. The van der Waals surface area contributed by atoms with Gasteiger partial charge in [0.25, 0.3) is 0 Å². The number of carbonyl (C=O) groups is 1. The first kappa shape index (κ1) is 14.5. The smallest absolute Gasteiger partial charge is 0.288 e. The van der Waals surface area contributed by atoms with Gasteiger partial charge in [0.1, 0.15) is 0 Å². The minimum Gasteiger partial charge on any atom is -0.288 e. The van der Waals surface area contributed by atoms with Crippen LogP contribution in [0.15, 0.2) is 12.3 Å². The highest BCUT2D eigenvalue weighted by Crippen LogP contribution is 2.21. The fraction of sp³-hybridized carbons (Fsp3) is 0.273. The molecular formula is C11H9ClN2O3S. The number of hydrogen-bond donors (Lipinski definition) is 0. The van der Waals surface area contributed by atoms with E-state index in [1.165, 1.54) is 30.9 Å². The van der Waals surface area contributed by atoms with Crippen LogP contribution in [0.3, 0.4) is 0 Å². The molecule has 18 heavy (non-hydrogen) atoms. The second-order valence-corrected chi connectivity index (χ2v) is 4.81. The molecule has 0 spiro atoms. The van der Waals surface area contributed by atoms with Crippen LogP contribution in [0.4, 0.5) is 5.69 Å². The average molecular weight is 285 g/mol. The van der Waals surface area contributed by atoms with Crippen LogP contribution in [0, 0.1) is 22.0 Å². The lowest BCUT2D eigenvalue weighted by Crippen LogP contribution is -1.92. The van der Waals surface area contributed by atoms with Crippen LogP contribution in [-0.2, 0) is 4.79 Å². The summed E-state index contributed by atoms with van der Waals surface area (Å²) in [6.07, 6.45) is 1.90. The molecule has 0 aliphatic rings. The lowest BCUT2D eigenvalue weighted by molar-refractivity contribution is -0.385. The summed E-state index contributed by atoms with van der Waals surface area (Å²) in [4.78, 5) is 24.4. The molecule has 7 heteroatoms. The number of nitrogens with zero attached hydrogens (tertiary/aromatic N) is 2. The third kappa shape index (κ3) is 4.73. The summed E-state index contributed by atoms with van der Waals surface area (Å²) in [5, 5.41) is 10.5. The van der Waals surface area contributed by atoms with E-state index in [0.717, 1.165) is 0 Å². The van der Waals surface area contributed by atoms with E-state index in [1.807, 2.05) is 0 Å². The van der Waals surface area contributed by atoms with E-state index in [1.54, 1.807) is 0 Å². The molecule has 1 rings (SSSR count). The topological polar surface area (TPSA) is 73.1 Å². The van der Waals surface area contributed by atoms with E-state index in [0.29, 0.717) is 17.7 Å². The highest BCUT2D eigenvalue weighted by molar-refractivity contribution is 8.13. The molecule has 0 saturated carbocycles. The Labute approximate surface area is 113 Å². The van der Waals surface area contributed by atoms with Crippen LogP contribution in [0.25, 0.3) is 0 Å². The maximum Gasteiger partial charge on any atom is 0.307 e. The van der Waals surface area contributed by atoms with Crippen LogP contribution in [0.5, 0.6) is 0 Å². The van der Waals surface area contributed by atoms with Gasteiger partial charge in [-0.1, -0.05) is 35.2 Å². The minimum absolute atomic E-state index is 0.0422. The molecule has 0 amide bonds. The predicted octanol–water partition coefficient (Wildman–Crippen LogP) is 2.66. The standard InChI is InChI=1S/C11H9ClN2O3S/c1-8(15)18-5-3-2-4-9-6-10(14(16)17)11(12)13-7-9/h6-7H,3,5H2,1H3. The van der Waals surface area contributed by atoms with Crippen LogP contribution < -0.4 is 0 Å². The van der Waals surface area contributed by atoms with Gasteiger partial charge in [-0.05, 0) is 0 Å². The number of hydrogen-bond acceptors (Lipinski definition) is 5. The van der Waals surface area contributed by atoms with Crippen LogP contribution in [0.1, 0.15) is 18.9 Å². The molecule has 1 aromatic heterocycles. The van der Waals surface area contributed by atoms with Crippen LogP contribution in [-0.4, -0.2) is 20.8 Å². The van der Waals surface area contributed by atoms with Gasteiger partial charge < -0.3 is 0 Å². The molecule has 0 aliphatic heterocycles.